The quantitative estimate of drug-likeness (QED) is 0.339. The second-order valence-electron chi connectivity index (χ2n) is 5.81. The largest absolute Gasteiger partial charge is 0.261 e. The van der Waals surface area contributed by atoms with Gasteiger partial charge in [0.1, 0.15) is 0 Å². The highest BCUT2D eigenvalue weighted by Crippen LogP contribution is 2.29. The Balaban J connectivity index is 1.72. The zero-order valence-corrected chi connectivity index (χ0v) is 15.6. The summed E-state index contributed by atoms with van der Waals surface area (Å²) in [6, 6.07) is 22.7. The first-order valence-corrected chi connectivity index (χ1v) is 9.02. The minimum Gasteiger partial charge on any atom is -0.261 e. The van der Waals surface area contributed by atoms with Crippen molar-refractivity contribution in [3.05, 3.63) is 88.4 Å². The van der Waals surface area contributed by atoms with Crippen molar-refractivity contribution in [3.63, 3.8) is 0 Å². The van der Waals surface area contributed by atoms with Crippen LogP contribution < -0.4 is 5.43 Å². The van der Waals surface area contributed by atoms with Crippen LogP contribution in [0.5, 0.6) is 0 Å². The zero-order valence-electron chi connectivity index (χ0n) is 14.1. The molecule has 0 bridgehead atoms. The summed E-state index contributed by atoms with van der Waals surface area (Å²) in [4.78, 5) is 9.28. The smallest absolute Gasteiger partial charge is 0.163 e. The molecule has 0 spiro atoms. The van der Waals surface area contributed by atoms with Crippen LogP contribution in [0.4, 0.5) is 5.82 Å². The van der Waals surface area contributed by atoms with Crippen LogP contribution in [0.2, 0.25) is 10.0 Å². The number of benzene rings is 3. The molecular formula is C21H14Cl2N4. The molecule has 0 fully saturated rings. The van der Waals surface area contributed by atoms with Gasteiger partial charge in [-0.15, -0.1) is 0 Å². The van der Waals surface area contributed by atoms with Gasteiger partial charge in [0.2, 0.25) is 0 Å². The molecule has 3 aromatic carbocycles. The zero-order chi connectivity index (χ0) is 18.6. The lowest BCUT2D eigenvalue weighted by molar-refractivity contribution is 1.19. The van der Waals surface area contributed by atoms with Gasteiger partial charge < -0.3 is 0 Å². The van der Waals surface area contributed by atoms with Gasteiger partial charge in [-0.1, -0.05) is 59.6 Å². The van der Waals surface area contributed by atoms with E-state index >= 15 is 0 Å². The Bertz CT molecular complexity index is 1120. The first-order valence-electron chi connectivity index (χ1n) is 8.27. The fourth-order valence-corrected chi connectivity index (χ4v) is 2.99. The highest BCUT2D eigenvalue weighted by molar-refractivity contribution is 6.33. The maximum atomic E-state index is 6.32. The van der Waals surface area contributed by atoms with Crippen molar-refractivity contribution >= 4 is 46.1 Å². The maximum absolute atomic E-state index is 6.32. The van der Waals surface area contributed by atoms with Gasteiger partial charge in [0.25, 0.3) is 0 Å². The van der Waals surface area contributed by atoms with Gasteiger partial charge in [-0.2, -0.15) is 5.10 Å². The molecule has 132 valence electrons. The third-order valence-corrected chi connectivity index (χ3v) is 4.55. The first kappa shape index (κ1) is 17.5. The van der Waals surface area contributed by atoms with Gasteiger partial charge >= 0.3 is 0 Å². The molecule has 0 atom stereocenters. The van der Waals surface area contributed by atoms with Gasteiger partial charge in [-0.3, -0.25) is 5.43 Å². The number of rotatable bonds is 4. The average molecular weight is 393 g/mol. The van der Waals surface area contributed by atoms with E-state index in [9.17, 15) is 0 Å². The maximum Gasteiger partial charge on any atom is 0.163 e. The van der Waals surface area contributed by atoms with Gasteiger partial charge in [0.05, 0.1) is 16.8 Å². The second-order valence-corrected chi connectivity index (χ2v) is 6.66. The molecule has 0 amide bonds. The summed E-state index contributed by atoms with van der Waals surface area (Å²) in [7, 11) is 0. The van der Waals surface area contributed by atoms with Gasteiger partial charge in [0.15, 0.2) is 11.6 Å². The summed E-state index contributed by atoms with van der Waals surface area (Å²) in [5.41, 5.74) is 5.53. The Morgan fingerprint density at radius 1 is 0.815 bits per heavy atom. The fourth-order valence-electron chi connectivity index (χ4n) is 2.64. The highest BCUT2D eigenvalue weighted by Gasteiger charge is 2.11. The summed E-state index contributed by atoms with van der Waals surface area (Å²) in [5, 5.41) is 6.47. The predicted octanol–water partition coefficient (Wildman–Crippen LogP) is 6.05. The van der Waals surface area contributed by atoms with Crippen LogP contribution in [0.1, 0.15) is 5.56 Å². The minimum absolute atomic E-state index is 0.545. The van der Waals surface area contributed by atoms with Crippen molar-refractivity contribution in [3.8, 4) is 11.4 Å². The van der Waals surface area contributed by atoms with E-state index in [1.807, 2.05) is 72.8 Å². The fraction of sp³-hybridized carbons (Fsp3) is 0. The SMILES string of the molecule is Clc1ccc(/C=N\Nc2nc(-c3ccccc3Cl)nc3ccccc23)cc1. The molecule has 1 N–H and O–H groups in total. The number of nitrogens with zero attached hydrogens (tertiary/aromatic N) is 3. The van der Waals surface area contributed by atoms with Crippen LogP contribution in [0.25, 0.3) is 22.3 Å². The van der Waals surface area contributed by atoms with Crippen LogP contribution >= 0.6 is 23.2 Å². The molecule has 4 rings (SSSR count). The molecule has 0 radical (unpaired) electrons. The van der Waals surface area contributed by atoms with Gasteiger partial charge in [-0.25, -0.2) is 9.97 Å². The molecule has 0 unspecified atom stereocenters. The first-order chi connectivity index (χ1) is 13.2. The Hall–Kier alpha value is -2.95. The van der Waals surface area contributed by atoms with E-state index in [1.54, 1.807) is 6.21 Å². The third-order valence-electron chi connectivity index (χ3n) is 3.97. The van der Waals surface area contributed by atoms with E-state index in [-0.39, 0.29) is 0 Å². The third kappa shape index (κ3) is 3.92. The molecule has 27 heavy (non-hydrogen) atoms. The van der Waals surface area contributed by atoms with Crippen LogP contribution in [0.3, 0.4) is 0 Å². The molecule has 0 aliphatic rings. The summed E-state index contributed by atoms with van der Waals surface area (Å²) in [6.45, 7) is 0. The van der Waals surface area contributed by atoms with E-state index in [0.29, 0.717) is 21.7 Å². The summed E-state index contributed by atoms with van der Waals surface area (Å²) >= 11 is 12.2. The lowest BCUT2D eigenvalue weighted by Crippen LogP contribution is -1.99. The molecule has 0 aliphatic heterocycles. The number of nitrogens with one attached hydrogen (secondary N) is 1. The molecule has 0 saturated heterocycles. The lowest BCUT2D eigenvalue weighted by Gasteiger charge is -2.09. The van der Waals surface area contributed by atoms with Crippen LogP contribution in [0.15, 0.2) is 77.9 Å². The van der Waals surface area contributed by atoms with Crippen molar-refractivity contribution in [1.29, 1.82) is 0 Å². The summed E-state index contributed by atoms with van der Waals surface area (Å²) in [5.74, 6) is 1.16. The number of aromatic nitrogens is 2. The molecule has 0 saturated carbocycles. The Morgan fingerprint density at radius 2 is 1.56 bits per heavy atom. The van der Waals surface area contributed by atoms with Crippen LogP contribution in [-0.2, 0) is 0 Å². The average Bonchev–Trinajstić information content (AvgIpc) is 2.69. The number of fused-ring (bicyclic) bond motifs is 1. The number of halogens is 2. The number of anilines is 1. The number of hydrazone groups is 1. The lowest BCUT2D eigenvalue weighted by atomic mass is 10.2. The predicted molar refractivity (Wildman–Crippen MR) is 113 cm³/mol. The molecular weight excluding hydrogens is 379 g/mol. The Labute approximate surface area is 166 Å². The number of para-hydroxylation sites is 1. The van der Waals surface area contributed by atoms with Crippen molar-refractivity contribution in [2.24, 2.45) is 5.10 Å². The Kier molecular flexibility index (Phi) is 5.01. The molecule has 6 heteroatoms. The molecule has 0 aliphatic carbocycles. The Morgan fingerprint density at radius 3 is 2.37 bits per heavy atom. The minimum atomic E-state index is 0.545. The standard InChI is InChI=1S/C21H14Cl2N4/c22-15-11-9-14(10-12-15)13-24-27-21-17-6-2-4-8-19(17)25-20(26-21)16-5-1-3-7-18(16)23/h1-13H,(H,25,26,27)/b24-13-. The molecule has 1 aromatic heterocycles. The van der Waals surface area contributed by atoms with E-state index in [2.05, 4.69) is 20.5 Å². The number of hydrogen-bond donors (Lipinski definition) is 1. The van der Waals surface area contributed by atoms with Crippen LogP contribution in [-0.4, -0.2) is 16.2 Å². The van der Waals surface area contributed by atoms with Crippen molar-refractivity contribution in [1.82, 2.24) is 9.97 Å². The monoisotopic (exact) mass is 392 g/mol. The van der Waals surface area contributed by atoms with E-state index in [1.165, 1.54) is 0 Å². The number of hydrogen-bond acceptors (Lipinski definition) is 4. The molecule has 4 aromatic rings. The second kappa shape index (κ2) is 7.74. The molecule has 4 nitrogen and oxygen atoms in total. The van der Waals surface area contributed by atoms with E-state index in [0.717, 1.165) is 22.0 Å². The van der Waals surface area contributed by atoms with Crippen molar-refractivity contribution in [2.75, 3.05) is 5.43 Å². The summed E-state index contributed by atoms with van der Waals surface area (Å²) < 4.78 is 0. The van der Waals surface area contributed by atoms with Gasteiger partial charge in [0, 0.05) is 16.0 Å². The normalized spacial score (nSPS) is 11.2. The topological polar surface area (TPSA) is 50.2 Å². The van der Waals surface area contributed by atoms with E-state index in [4.69, 9.17) is 23.2 Å². The van der Waals surface area contributed by atoms with Crippen molar-refractivity contribution in [2.45, 2.75) is 0 Å². The van der Waals surface area contributed by atoms with Crippen LogP contribution in [0, 0.1) is 0 Å². The van der Waals surface area contributed by atoms with Crippen molar-refractivity contribution < 1.29 is 0 Å². The van der Waals surface area contributed by atoms with E-state index < -0.39 is 0 Å². The van der Waals surface area contributed by atoms with Gasteiger partial charge in [-0.05, 0) is 42.0 Å². The molecule has 1 heterocycles. The summed E-state index contributed by atoms with van der Waals surface area (Å²) in [6.07, 6.45) is 1.71. The highest BCUT2D eigenvalue weighted by atomic mass is 35.5.